The first-order chi connectivity index (χ1) is 8.63. The molecule has 0 aromatic heterocycles. The van der Waals surface area contributed by atoms with Gasteiger partial charge in [0.2, 0.25) is 0 Å². The Hall–Kier alpha value is -1.65. The fraction of sp³-hybridized carbons (Fsp3) is 0.462. The molecule has 1 saturated carbocycles. The van der Waals surface area contributed by atoms with Crippen molar-refractivity contribution in [2.45, 2.75) is 37.3 Å². The molecule has 0 radical (unpaired) electrons. The molecule has 1 heterocycles. The van der Waals surface area contributed by atoms with E-state index in [1.807, 2.05) is 0 Å². The lowest BCUT2D eigenvalue weighted by Gasteiger charge is -2.31. The summed E-state index contributed by atoms with van der Waals surface area (Å²) in [5, 5.41) is 5.66. The van der Waals surface area contributed by atoms with Crippen molar-refractivity contribution in [2.75, 3.05) is 0 Å². The predicted octanol–water partition coefficient (Wildman–Crippen LogP) is 2.28. The summed E-state index contributed by atoms with van der Waals surface area (Å²) in [5.41, 5.74) is 0.426. The normalized spacial score (nSPS) is 30.6. The molecule has 3 unspecified atom stereocenters. The zero-order valence-electron chi connectivity index (χ0n) is 9.75. The lowest BCUT2D eigenvalue weighted by atomic mass is 9.79. The molecule has 1 aliphatic heterocycles. The van der Waals surface area contributed by atoms with Gasteiger partial charge in [0.25, 0.3) is 0 Å². The van der Waals surface area contributed by atoms with Gasteiger partial charge in [0.1, 0.15) is 11.6 Å². The third-order valence-electron chi connectivity index (χ3n) is 3.88. The first kappa shape index (κ1) is 11.4. The Morgan fingerprint density at radius 1 is 1.11 bits per heavy atom. The molecule has 1 aliphatic carbocycles. The maximum Gasteiger partial charge on any atom is 0.315 e. The molecule has 3 nitrogen and oxygen atoms in total. The van der Waals surface area contributed by atoms with Crippen LogP contribution >= 0.6 is 0 Å². The van der Waals surface area contributed by atoms with E-state index in [0.29, 0.717) is 12.0 Å². The third-order valence-corrected chi connectivity index (χ3v) is 3.88. The van der Waals surface area contributed by atoms with Crippen LogP contribution in [0.1, 0.15) is 30.7 Å². The van der Waals surface area contributed by atoms with Crippen LogP contribution in [0.4, 0.5) is 13.6 Å². The Bertz CT molecular complexity index is 492. The topological polar surface area (TPSA) is 41.1 Å². The molecular formula is C13H14F2N2O. The molecule has 3 rings (SSSR count). The van der Waals surface area contributed by atoms with Crippen molar-refractivity contribution in [3.8, 4) is 0 Å². The average molecular weight is 252 g/mol. The van der Waals surface area contributed by atoms with E-state index < -0.39 is 5.82 Å². The van der Waals surface area contributed by atoms with Crippen molar-refractivity contribution in [2.24, 2.45) is 0 Å². The van der Waals surface area contributed by atoms with Gasteiger partial charge in [-0.1, -0.05) is 0 Å². The summed E-state index contributed by atoms with van der Waals surface area (Å²) in [6.07, 6.45) is 2.22. The SMILES string of the molecule is O=C1NC2CCC(c3cc(F)ccc3F)CC2N1. The summed E-state index contributed by atoms with van der Waals surface area (Å²) in [4.78, 5) is 11.2. The average Bonchev–Trinajstić information content (AvgIpc) is 2.71. The second kappa shape index (κ2) is 4.23. The quantitative estimate of drug-likeness (QED) is 0.791. The van der Waals surface area contributed by atoms with Gasteiger partial charge in [0, 0.05) is 0 Å². The Kier molecular flexibility index (Phi) is 2.69. The summed E-state index contributed by atoms with van der Waals surface area (Å²) < 4.78 is 26.9. The van der Waals surface area contributed by atoms with Crippen LogP contribution in [0.3, 0.4) is 0 Å². The largest absolute Gasteiger partial charge is 0.333 e. The Balaban J connectivity index is 1.82. The van der Waals surface area contributed by atoms with Crippen LogP contribution < -0.4 is 10.6 Å². The molecule has 1 aromatic rings. The van der Waals surface area contributed by atoms with Crippen molar-refractivity contribution in [1.82, 2.24) is 10.6 Å². The van der Waals surface area contributed by atoms with Crippen LogP contribution in [0, 0.1) is 11.6 Å². The smallest absolute Gasteiger partial charge is 0.315 e. The molecule has 5 heteroatoms. The van der Waals surface area contributed by atoms with Gasteiger partial charge in [-0.05, 0) is 48.9 Å². The van der Waals surface area contributed by atoms with Crippen molar-refractivity contribution < 1.29 is 13.6 Å². The van der Waals surface area contributed by atoms with Gasteiger partial charge in [0.15, 0.2) is 0 Å². The van der Waals surface area contributed by atoms with E-state index in [2.05, 4.69) is 10.6 Å². The Morgan fingerprint density at radius 3 is 2.72 bits per heavy atom. The number of carbonyl (C=O) groups excluding carboxylic acids is 1. The first-order valence-electron chi connectivity index (χ1n) is 6.15. The molecule has 0 bridgehead atoms. The summed E-state index contributed by atoms with van der Waals surface area (Å²) in [7, 11) is 0. The number of halogens is 2. The van der Waals surface area contributed by atoms with Crippen LogP contribution in [0.2, 0.25) is 0 Å². The lowest BCUT2D eigenvalue weighted by molar-refractivity contribution is 0.247. The minimum absolute atomic E-state index is 0.0258. The van der Waals surface area contributed by atoms with E-state index in [1.165, 1.54) is 12.1 Å². The monoisotopic (exact) mass is 252 g/mol. The maximum absolute atomic E-state index is 13.7. The van der Waals surface area contributed by atoms with Crippen molar-refractivity contribution in [3.05, 3.63) is 35.4 Å². The van der Waals surface area contributed by atoms with Gasteiger partial charge in [-0.2, -0.15) is 0 Å². The molecule has 96 valence electrons. The molecule has 2 aliphatic rings. The summed E-state index contributed by atoms with van der Waals surface area (Å²) in [5.74, 6) is -0.804. The fourth-order valence-electron chi connectivity index (χ4n) is 2.99. The second-order valence-electron chi connectivity index (χ2n) is 5.01. The van der Waals surface area contributed by atoms with Crippen LogP contribution in [-0.2, 0) is 0 Å². The molecule has 2 amide bonds. The van der Waals surface area contributed by atoms with Crippen molar-refractivity contribution in [1.29, 1.82) is 0 Å². The Labute approximate surface area is 104 Å². The molecule has 18 heavy (non-hydrogen) atoms. The molecule has 0 spiro atoms. The zero-order chi connectivity index (χ0) is 12.7. The van der Waals surface area contributed by atoms with Gasteiger partial charge in [-0.25, -0.2) is 13.6 Å². The highest BCUT2D eigenvalue weighted by Crippen LogP contribution is 2.35. The van der Waals surface area contributed by atoms with E-state index in [4.69, 9.17) is 0 Å². The highest BCUT2D eigenvalue weighted by Gasteiger charge is 2.38. The van der Waals surface area contributed by atoms with Gasteiger partial charge >= 0.3 is 6.03 Å². The lowest BCUT2D eigenvalue weighted by Crippen LogP contribution is -2.39. The predicted molar refractivity (Wildman–Crippen MR) is 62.2 cm³/mol. The van der Waals surface area contributed by atoms with Gasteiger partial charge < -0.3 is 10.6 Å². The minimum Gasteiger partial charge on any atom is -0.333 e. The van der Waals surface area contributed by atoms with Crippen molar-refractivity contribution >= 4 is 6.03 Å². The molecule has 1 aromatic carbocycles. The standard InChI is InChI=1S/C13H14F2N2O/c14-8-2-3-10(15)9(6-8)7-1-4-11-12(5-7)17-13(18)16-11/h2-3,6-7,11-12H,1,4-5H2,(H2,16,17,18). The molecule has 2 N–H and O–H groups in total. The molecule has 1 saturated heterocycles. The van der Waals surface area contributed by atoms with Crippen LogP contribution in [0.15, 0.2) is 18.2 Å². The number of urea groups is 1. The van der Waals surface area contributed by atoms with E-state index in [-0.39, 0.29) is 29.8 Å². The number of amides is 2. The van der Waals surface area contributed by atoms with Gasteiger partial charge in [-0.3, -0.25) is 0 Å². The van der Waals surface area contributed by atoms with E-state index in [0.717, 1.165) is 18.9 Å². The number of benzene rings is 1. The molecular weight excluding hydrogens is 238 g/mol. The van der Waals surface area contributed by atoms with Gasteiger partial charge in [-0.15, -0.1) is 0 Å². The summed E-state index contributed by atoms with van der Waals surface area (Å²) in [6, 6.07) is 3.56. The first-order valence-corrected chi connectivity index (χ1v) is 6.15. The van der Waals surface area contributed by atoms with Crippen LogP contribution in [0.25, 0.3) is 0 Å². The van der Waals surface area contributed by atoms with E-state index >= 15 is 0 Å². The summed E-state index contributed by atoms with van der Waals surface area (Å²) >= 11 is 0. The second-order valence-corrected chi connectivity index (χ2v) is 5.01. The highest BCUT2D eigenvalue weighted by atomic mass is 19.1. The molecule has 2 fully saturated rings. The zero-order valence-corrected chi connectivity index (χ0v) is 9.75. The number of hydrogen-bond donors (Lipinski definition) is 2. The highest BCUT2D eigenvalue weighted by molar-refractivity contribution is 5.77. The number of hydrogen-bond acceptors (Lipinski definition) is 1. The van der Waals surface area contributed by atoms with Gasteiger partial charge in [0.05, 0.1) is 12.1 Å². The van der Waals surface area contributed by atoms with Crippen molar-refractivity contribution in [3.63, 3.8) is 0 Å². The van der Waals surface area contributed by atoms with E-state index in [1.54, 1.807) is 0 Å². The minimum atomic E-state index is -0.415. The van der Waals surface area contributed by atoms with E-state index in [9.17, 15) is 13.6 Å². The van der Waals surface area contributed by atoms with Crippen LogP contribution in [-0.4, -0.2) is 18.1 Å². The number of carbonyl (C=O) groups is 1. The number of rotatable bonds is 1. The van der Waals surface area contributed by atoms with Crippen LogP contribution in [0.5, 0.6) is 0 Å². The molecule has 3 atom stereocenters. The number of nitrogens with one attached hydrogen (secondary N) is 2. The Morgan fingerprint density at radius 2 is 1.89 bits per heavy atom. The summed E-state index contributed by atoms with van der Waals surface area (Å²) in [6.45, 7) is 0. The fourth-order valence-corrected chi connectivity index (χ4v) is 2.99. The third kappa shape index (κ3) is 1.94. The maximum atomic E-state index is 13.7. The number of fused-ring (bicyclic) bond motifs is 1.